The smallest absolute Gasteiger partial charge is 0.206 e. The van der Waals surface area contributed by atoms with Gasteiger partial charge in [0.2, 0.25) is 11.6 Å². The summed E-state index contributed by atoms with van der Waals surface area (Å²) in [4.78, 5) is 25.8. The Morgan fingerprint density at radius 1 is 0.500 bits per heavy atom. The van der Waals surface area contributed by atoms with E-state index in [1.165, 1.54) is 0 Å². The molecule has 0 N–H and O–H groups in total. The topological polar surface area (TPSA) is 34.1 Å². The third-order valence-corrected chi connectivity index (χ3v) is 6.31. The van der Waals surface area contributed by atoms with Crippen LogP contribution in [-0.2, 0) is 9.59 Å². The van der Waals surface area contributed by atoms with E-state index >= 15 is 0 Å². The van der Waals surface area contributed by atoms with Gasteiger partial charge in [-0.1, -0.05) is 98.8 Å². The van der Waals surface area contributed by atoms with Crippen LogP contribution >= 0.6 is 0 Å². The zero-order chi connectivity index (χ0) is 20.8. The minimum absolute atomic E-state index is 0.290. The van der Waals surface area contributed by atoms with Crippen LogP contribution < -0.4 is 0 Å². The summed E-state index contributed by atoms with van der Waals surface area (Å²) < 4.78 is 0. The van der Waals surface area contributed by atoms with Gasteiger partial charge < -0.3 is 0 Å². The van der Waals surface area contributed by atoms with Crippen LogP contribution in [-0.4, -0.2) is 11.6 Å². The van der Waals surface area contributed by atoms with Crippen LogP contribution in [0.3, 0.4) is 0 Å². The molecule has 30 heavy (non-hydrogen) atoms. The first-order valence-corrected chi connectivity index (χ1v) is 10.4. The highest BCUT2D eigenvalue weighted by molar-refractivity contribution is 6.43. The van der Waals surface area contributed by atoms with E-state index < -0.39 is 11.8 Å². The standard InChI is InChI=1S/C28H22O2/c1-17-23-24(18(2)28(30)27(17)29)26(20-13-7-4-8-14-20)22-16-10-9-15-21(22)25(23)19-11-5-3-6-12-19/h3-18H,1-2H3. The zero-order valence-electron chi connectivity index (χ0n) is 17.1. The SMILES string of the molecule is CC1C(=O)C(=O)C(C)c2c1c(-c1ccccc1)c1ccccc1c2-c1ccccc1. The van der Waals surface area contributed by atoms with E-state index in [0.717, 1.165) is 44.2 Å². The summed E-state index contributed by atoms with van der Waals surface area (Å²) in [6.07, 6.45) is 0. The number of rotatable bonds is 2. The van der Waals surface area contributed by atoms with Gasteiger partial charge in [-0.2, -0.15) is 0 Å². The average molecular weight is 390 g/mol. The molecule has 0 fully saturated rings. The van der Waals surface area contributed by atoms with Crippen molar-refractivity contribution in [1.29, 1.82) is 0 Å². The molecule has 2 atom stereocenters. The largest absolute Gasteiger partial charge is 0.290 e. The molecule has 5 rings (SSSR count). The Labute approximate surface area is 176 Å². The van der Waals surface area contributed by atoms with Crippen LogP contribution in [0.5, 0.6) is 0 Å². The third kappa shape index (κ3) is 2.64. The molecule has 1 aliphatic rings. The van der Waals surface area contributed by atoms with Gasteiger partial charge in [-0.15, -0.1) is 0 Å². The van der Waals surface area contributed by atoms with Gasteiger partial charge in [-0.3, -0.25) is 9.59 Å². The van der Waals surface area contributed by atoms with E-state index in [1.807, 2.05) is 62.4 Å². The molecule has 0 radical (unpaired) electrons. The summed E-state index contributed by atoms with van der Waals surface area (Å²) in [5.74, 6) is -1.51. The molecular formula is C28H22O2. The van der Waals surface area contributed by atoms with Crippen molar-refractivity contribution < 1.29 is 9.59 Å². The van der Waals surface area contributed by atoms with Crippen LogP contribution in [0.25, 0.3) is 33.0 Å². The Kier molecular flexibility index (Phi) is 4.36. The van der Waals surface area contributed by atoms with Crippen LogP contribution in [0.4, 0.5) is 0 Å². The highest BCUT2D eigenvalue weighted by Crippen LogP contribution is 2.49. The van der Waals surface area contributed by atoms with E-state index in [2.05, 4.69) is 36.4 Å². The minimum Gasteiger partial charge on any atom is -0.290 e. The molecule has 0 bridgehead atoms. The molecule has 0 aliphatic heterocycles. The lowest BCUT2D eigenvalue weighted by Gasteiger charge is -2.32. The van der Waals surface area contributed by atoms with Crippen LogP contribution in [0.2, 0.25) is 0 Å². The molecule has 1 aliphatic carbocycles. The van der Waals surface area contributed by atoms with Gasteiger partial charge in [0.25, 0.3) is 0 Å². The van der Waals surface area contributed by atoms with Crippen LogP contribution in [0, 0.1) is 0 Å². The van der Waals surface area contributed by atoms with Crippen molar-refractivity contribution in [3.63, 3.8) is 0 Å². The normalized spacial score (nSPS) is 18.5. The Bertz CT molecular complexity index is 1180. The average Bonchev–Trinajstić information content (AvgIpc) is 2.80. The predicted molar refractivity (Wildman–Crippen MR) is 122 cm³/mol. The fraction of sp³-hybridized carbons (Fsp3) is 0.143. The van der Waals surface area contributed by atoms with Crippen LogP contribution in [0.15, 0.2) is 84.9 Å². The molecule has 2 unspecified atom stereocenters. The van der Waals surface area contributed by atoms with Crippen molar-refractivity contribution in [2.75, 3.05) is 0 Å². The van der Waals surface area contributed by atoms with Crippen molar-refractivity contribution >= 4 is 22.3 Å². The molecule has 0 saturated heterocycles. The van der Waals surface area contributed by atoms with Gasteiger partial charge >= 0.3 is 0 Å². The summed E-state index contributed by atoms with van der Waals surface area (Å²) in [5.41, 5.74) is 6.28. The number of fused-ring (bicyclic) bond motifs is 2. The molecule has 0 saturated carbocycles. The molecule has 2 heteroatoms. The summed E-state index contributed by atoms with van der Waals surface area (Å²) >= 11 is 0. The minimum atomic E-state index is -0.467. The van der Waals surface area contributed by atoms with Crippen molar-refractivity contribution in [2.45, 2.75) is 25.7 Å². The van der Waals surface area contributed by atoms with Gasteiger partial charge in [-0.25, -0.2) is 0 Å². The summed E-state index contributed by atoms with van der Waals surface area (Å²) in [6.45, 7) is 3.75. The highest BCUT2D eigenvalue weighted by Gasteiger charge is 2.40. The Morgan fingerprint density at radius 2 is 0.833 bits per heavy atom. The maximum Gasteiger partial charge on any atom is 0.206 e. The quantitative estimate of drug-likeness (QED) is 0.365. The summed E-state index contributed by atoms with van der Waals surface area (Å²) in [7, 11) is 0. The fourth-order valence-corrected chi connectivity index (χ4v) is 4.90. The Hall–Kier alpha value is -3.52. The first kappa shape index (κ1) is 18.5. The van der Waals surface area contributed by atoms with Crippen molar-refractivity contribution in [3.05, 3.63) is 96.1 Å². The molecule has 0 spiro atoms. The van der Waals surface area contributed by atoms with E-state index in [4.69, 9.17) is 0 Å². The van der Waals surface area contributed by atoms with Gasteiger partial charge in [0, 0.05) is 11.8 Å². The van der Waals surface area contributed by atoms with E-state index in [9.17, 15) is 9.59 Å². The van der Waals surface area contributed by atoms with E-state index in [1.54, 1.807) is 0 Å². The summed E-state index contributed by atoms with van der Waals surface area (Å²) in [6, 6.07) is 28.8. The molecule has 146 valence electrons. The lowest BCUT2D eigenvalue weighted by Crippen LogP contribution is -2.32. The number of hydrogen-bond acceptors (Lipinski definition) is 2. The lowest BCUT2D eigenvalue weighted by atomic mass is 9.69. The second kappa shape index (κ2) is 7.07. The van der Waals surface area contributed by atoms with Gasteiger partial charge in [-0.05, 0) is 44.2 Å². The Morgan fingerprint density at radius 3 is 1.20 bits per heavy atom. The van der Waals surface area contributed by atoms with E-state index in [-0.39, 0.29) is 11.6 Å². The molecule has 4 aromatic carbocycles. The first-order valence-electron chi connectivity index (χ1n) is 10.4. The number of carbonyl (C=O) groups excluding carboxylic acids is 2. The van der Waals surface area contributed by atoms with Gasteiger partial charge in [0.1, 0.15) is 0 Å². The molecule has 0 aromatic heterocycles. The third-order valence-electron chi connectivity index (χ3n) is 6.31. The number of hydrogen-bond donors (Lipinski definition) is 0. The Balaban J connectivity index is 2.03. The molecule has 2 nitrogen and oxygen atoms in total. The predicted octanol–water partition coefficient (Wildman–Crippen LogP) is 6.53. The number of benzene rings is 4. The maximum absolute atomic E-state index is 12.9. The van der Waals surface area contributed by atoms with Gasteiger partial charge in [0.15, 0.2) is 0 Å². The highest BCUT2D eigenvalue weighted by atomic mass is 16.2. The van der Waals surface area contributed by atoms with E-state index in [0.29, 0.717) is 0 Å². The van der Waals surface area contributed by atoms with Crippen molar-refractivity contribution in [3.8, 4) is 22.3 Å². The second-order valence-corrected chi connectivity index (χ2v) is 8.03. The molecule has 4 aromatic rings. The second-order valence-electron chi connectivity index (χ2n) is 8.03. The van der Waals surface area contributed by atoms with Crippen molar-refractivity contribution in [1.82, 2.24) is 0 Å². The van der Waals surface area contributed by atoms with Crippen molar-refractivity contribution in [2.24, 2.45) is 0 Å². The first-order chi connectivity index (χ1) is 14.6. The summed E-state index contributed by atoms with van der Waals surface area (Å²) in [5, 5.41) is 2.23. The number of carbonyl (C=O) groups is 2. The molecule has 0 amide bonds. The fourth-order valence-electron chi connectivity index (χ4n) is 4.90. The molecule has 0 heterocycles. The van der Waals surface area contributed by atoms with Crippen LogP contribution in [0.1, 0.15) is 36.8 Å². The zero-order valence-corrected chi connectivity index (χ0v) is 17.1. The monoisotopic (exact) mass is 390 g/mol. The number of ketones is 2. The van der Waals surface area contributed by atoms with Gasteiger partial charge in [0.05, 0.1) is 0 Å². The maximum atomic E-state index is 12.9. The lowest BCUT2D eigenvalue weighted by molar-refractivity contribution is -0.138. The molecular weight excluding hydrogens is 368 g/mol. The number of Topliss-reactive ketones (excluding diaryl/α,β-unsaturated/α-hetero) is 2.